The summed E-state index contributed by atoms with van der Waals surface area (Å²) in [5, 5.41) is 0.0790. The molecule has 0 N–H and O–H groups in total. The number of hydrogen-bond acceptors (Lipinski definition) is 4. The minimum atomic E-state index is 0.0395. The third-order valence-corrected chi connectivity index (χ3v) is 6.78. The Kier molecular flexibility index (Phi) is 15.5. The highest BCUT2D eigenvalue weighted by Gasteiger charge is 2.17. The van der Waals surface area contributed by atoms with Gasteiger partial charge >= 0.3 is 0 Å². The van der Waals surface area contributed by atoms with Crippen molar-refractivity contribution in [3.63, 3.8) is 0 Å². The highest BCUT2D eigenvalue weighted by molar-refractivity contribution is 8.14. The number of rotatable bonds is 16. The van der Waals surface area contributed by atoms with E-state index in [-0.39, 0.29) is 10.2 Å². The van der Waals surface area contributed by atoms with Crippen LogP contribution in [0.5, 0.6) is 0 Å². The largest absolute Gasteiger partial charge is 0.282 e. The lowest BCUT2D eigenvalue weighted by Gasteiger charge is -2.07. The van der Waals surface area contributed by atoms with Crippen LogP contribution in [0.1, 0.15) is 112 Å². The Morgan fingerprint density at radius 2 is 0.964 bits per heavy atom. The molecule has 0 saturated heterocycles. The number of carbonyl (C=O) groups is 2. The molecule has 0 saturated carbocycles. The fourth-order valence-corrected chi connectivity index (χ4v) is 4.82. The van der Waals surface area contributed by atoms with Crippen molar-refractivity contribution < 1.29 is 9.59 Å². The van der Waals surface area contributed by atoms with Crippen molar-refractivity contribution in [2.24, 2.45) is 0 Å². The van der Waals surface area contributed by atoms with Crippen LogP contribution in [0.2, 0.25) is 0 Å². The summed E-state index contributed by atoms with van der Waals surface area (Å²) in [5.41, 5.74) is 1.16. The maximum absolute atomic E-state index is 12.6. The third kappa shape index (κ3) is 11.3. The van der Waals surface area contributed by atoms with Gasteiger partial charge in [0.25, 0.3) is 0 Å². The predicted octanol–water partition coefficient (Wildman–Crippen LogP) is 8.15. The van der Waals surface area contributed by atoms with Crippen LogP contribution >= 0.6 is 23.5 Å². The second kappa shape index (κ2) is 17.1. The molecule has 0 atom stereocenters. The van der Waals surface area contributed by atoms with Crippen molar-refractivity contribution in [3.8, 4) is 0 Å². The number of benzene rings is 1. The van der Waals surface area contributed by atoms with Crippen LogP contribution < -0.4 is 0 Å². The molecule has 0 unspecified atom stereocenters. The summed E-state index contributed by atoms with van der Waals surface area (Å²) in [6, 6.07) is 7.31. The maximum atomic E-state index is 12.6. The van der Waals surface area contributed by atoms with E-state index in [0.717, 1.165) is 24.3 Å². The van der Waals surface area contributed by atoms with E-state index in [1.54, 1.807) is 12.1 Å². The highest BCUT2D eigenvalue weighted by atomic mass is 32.2. The molecule has 28 heavy (non-hydrogen) atoms. The molecule has 158 valence electrons. The van der Waals surface area contributed by atoms with Crippen molar-refractivity contribution >= 4 is 33.8 Å². The highest BCUT2D eigenvalue weighted by Crippen LogP contribution is 2.23. The first-order valence-electron chi connectivity index (χ1n) is 11.1. The molecule has 0 aliphatic rings. The fourth-order valence-electron chi connectivity index (χ4n) is 3.09. The van der Waals surface area contributed by atoms with Gasteiger partial charge in [-0.25, -0.2) is 0 Å². The summed E-state index contributed by atoms with van der Waals surface area (Å²) in [7, 11) is 0. The van der Waals surface area contributed by atoms with E-state index in [4.69, 9.17) is 0 Å². The Morgan fingerprint density at radius 3 is 1.36 bits per heavy atom. The minimum Gasteiger partial charge on any atom is -0.282 e. The summed E-state index contributed by atoms with van der Waals surface area (Å²) in [6.07, 6.45) is 14.7. The number of carbonyl (C=O) groups excluding carboxylic acids is 2. The molecule has 0 amide bonds. The smallest absolute Gasteiger partial charge is 0.220 e. The Hall–Kier alpha value is -0.740. The number of unbranched alkanes of at least 4 members (excludes halogenated alkanes) is 10. The van der Waals surface area contributed by atoms with Gasteiger partial charge in [-0.15, -0.1) is 0 Å². The monoisotopic (exact) mass is 422 g/mol. The van der Waals surface area contributed by atoms with Gasteiger partial charge in [0, 0.05) is 22.6 Å². The topological polar surface area (TPSA) is 34.1 Å². The van der Waals surface area contributed by atoms with Gasteiger partial charge in [-0.1, -0.05) is 114 Å². The van der Waals surface area contributed by atoms with E-state index >= 15 is 0 Å². The van der Waals surface area contributed by atoms with Crippen LogP contribution in [0.15, 0.2) is 24.3 Å². The SMILES string of the molecule is CCCCCCCCSC(=O)c1ccccc1C(=O)SCCCCCCCC. The second-order valence-electron chi connectivity index (χ2n) is 7.35. The second-order valence-corrected chi connectivity index (χ2v) is 9.49. The molecule has 0 radical (unpaired) electrons. The number of hydrogen-bond donors (Lipinski definition) is 0. The van der Waals surface area contributed by atoms with E-state index in [1.165, 1.54) is 87.7 Å². The molecule has 4 heteroatoms. The molecule has 0 aliphatic heterocycles. The van der Waals surface area contributed by atoms with E-state index in [1.807, 2.05) is 12.1 Å². The zero-order valence-corrected chi connectivity index (χ0v) is 19.5. The van der Waals surface area contributed by atoms with Crippen LogP contribution in [0.4, 0.5) is 0 Å². The van der Waals surface area contributed by atoms with E-state index in [0.29, 0.717) is 11.1 Å². The maximum Gasteiger partial charge on any atom is 0.220 e. The quantitative estimate of drug-likeness (QED) is 0.252. The molecular formula is C24H38O2S2. The average Bonchev–Trinajstić information content (AvgIpc) is 2.72. The fraction of sp³-hybridized carbons (Fsp3) is 0.667. The van der Waals surface area contributed by atoms with Gasteiger partial charge in [0.2, 0.25) is 10.2 Å². The first-order valence-corrected chi connectivity index (χ1v) is 13.1. The van der Waals surface area contributed by atoms with Crippen molar-refractivity contribution in [1.82, 2.24) is 0 Å². The Balaban J connectivity index is 2.35. The third-order valence-electron chi connectivity index (χ3n) is 4.83. The zero-order valence-electron chi connectivity index (χ0n) is 17.8. The van der Waals surface area contributed by atoms with Crippen molar-refractivity contribution in [2.45, 2.75) is 90.9 Å². The van der Waals surface area contributed by atoms with Crippen molar-refractivity contribution in [2.75, 3.05) is 11.5 Å². The van der Waals surface area contributed by atoms with Crippen LogP contribution in [0.3, 0.4) is 0 Å². The van der Waals surface area contributed by atoms with Gasteiger partial charge < -0.3 is 0 Å². The standard InChI is InChI=1S/C24H38O2S2/c1-3-5-7-9-11-15-19-27-23(25)21-17-13-14-18-22(21)24(26)28-20-16-12-10-8-6-4-2/h13-14,17-18H,3-12,15-16,19-20H2,1-2H3. The first-order chi connectivity index (χ1) is 13.7. The lowest BCUT2D eigenvalue weighted by molar-refractivity contribution is 0.106. The van der Waals surface area contributed by atoms with Gasteiger partial charge in [-0.3, -0.25) is 9.59 Å². The molecular weight excluding hydrogens is 384 g/mol. The summed E-state index contributed by atoms with van der Waals surface area (Å²) in [6.45, 7) is 4.44. The molecule has 1 aromatic carbocycles. The molecule has 1 aromatic rings. The Morgan fingerprint density at radius 1 is 0.607 bits per heavy atom. The van der Waals surface area contributed by atoms with E-state index in [2.05, 4.69) is 13.8 Å². The van der Waals surface area contributed by atoms with Crippen LogP contribution in [0, 0.1) is 0 Å². The van der Waals surface area contributed by atoms with Crippen molar-refractivity contribution in [1.29, 1.82) is 0 Å². The van der Waals surface area contributed by atoms with Crippen LogP contribution in [-0.4, -0.2) is 21.7 Å². The lowest BCUT2D eigenvalue weighted by Crippen LogP contribution is -2.05. The van der Waals surface area contributed by atoms with Gasteiger partial charge in [-0.05, 0) is 25.0 Å². The summed E-state index contributed by atoms with van der Waals surface area (Å²) in [4.78, 5) is 25.2. The molecule has 0 spiro atoms. The van der Waals surface area contributed by atoms with Crippen LogP contribution in [-0.2, 0) is 0 Å². The first kappa shape index (κ1) is 25.3. The number of thioether (sulfide) groups is 2. The molecule has 0 heterocycles. The normalized spacial score (nSPS) is 10.9. The summed E-state index contributed by atoms with van der Waals surface area (Å²) < 4.78 is 0. The van der Waals surface area contributed by atoms with Gasteiger partial charge in [-0.2, -0.15) is 0 Å². The average molecular weight is 423 g/mol. The lowest BCUT2D eigenvalue weighted by atomic mass is 10.1. The molecule has 1 rings (SSSR count). The molecule has 0 fully saturated rings. The molecule has 0 aromatic heterocycles. The molecule has 0 aliphatic carbocycles. The molecule has 0 bridgehead atoms. The molecule has 2 nitrogen and oxygen atoms in total. The zero-order chi connectivity index (χ0) is 20.5. The summed E-state index contributed by atoms with van der Waals surface area (Å²) in [5.74, 6) is 1.69. The van der Waals surface area contributed by atoms with E-state index in [9.17, 15) is 9.59 Å². The Bertz CT molecular complexity index is 508. The van der Waals surface area contributed by atoms with Gasteiger partial charge in [0.1, 0.15) is 0 Å². The van der Waals surface area contributed by atoms with Crippen LogP contribution in [0.25, 0.3) is 0 Å². The summed E-state index contributed by atoms with van der Waals surface area (Å²) >= 11 is 2.73. The predicted molar refractivity (Wildman–Crippen MR) is 127 cm³/mol. The minimum absolute atomic E-state index is 0.0395. The Labute approximate surface area is 181 Å². The van der Waals surface area contributed by atoms with Gasteiger partial charge in [0.05, 0.1) is 0 Å². The van der Waals surface area contributed by atoms with Crippen molar-refractivity contribution in [3.05, 3.63) is 35.4 Å². The van der Waals surface area contributed by atoms with Gasteiger partial charge in [0.15, 0.2) is 0 Å². The van der Waals surface area contributed by atoms with E-state index < -0.39 is 0 Å².